The third kappa shape index (κ3) is 4.04. The van der Waals surface area contributed by atoms with Gasteiger partial charge in [-0.05, 0) is 19.4 Å². The molecule has 0 saturated carbocycles. The van der Waals surface area contributed by atoms with Gasteiger partial charge in [0.25, 0.3) is 0 Å². The van der Waals surface area contributed by atoms with E-state index < -0.39 is 0 Å². The highest BCUT2D eigenvalue weighted by atomic mass is 16.5. The third-order valence-corrected chi connectivity index (χ3v) is 5.26. The molecular weight excluding hydrogens is 370 g/mol. The molecule has 1 aliphatic heterocycles. The van der Waals surface area contributed by atoms with Crippen LogP contribution in [0.5, 0.6) is 0 Å². The molecule has 0 unspecified atom stereocenters. The molecule has 4 rings (SSSR count). The van der Waals surface area contributed by atoms with Gasteiger partial charge in [0.2, 0.25) is 5.91 Å². The van der Waals surface area contributed by atoms with Crippen LogP contribution in [-0.4, -0.2) is 58.3 Å². The van der Waals surface area contributed by atoms with Crippen LogP contribution in [0.4, 0.5) is 5.82 Å². The zero-order valence-electron chi connectivity index (χ0n) is 16.8. The van der Waals surface area contributed by atoms with Gasteiger partial charge in [-0.1, -0.05) is 18.2 Å². The minimum absolute atomic E-state index is 0.176. The number of carbonyl (C=O) groups excluding carboxylic acids is 1. The summed E-state index contributed by atoms with van der Waals surface area (Å²) in [7, 11) is 0. The van der Waals surface area contributed by atoms with Crippen LogP contribution in [-0.2, 0) is 27.4 Å². The fourth-order valence-corrected chi connectivity index (χ4v) is 3.81. The number of amides is 1. The molecule has 0 bridgehead atoms. The lowest BCUT2D eigenvalue weighted by Gasteiger charge is -2.26. The second-order valence-corrected chi connectivity index (χ2v) is 7.12. The van der Waals surface area contributed by atoms with Crippen LogP contribution in [0.2, 0.25) is 0 Å². The minimum Gasteiger partial charge on any atom is -0.382 e. The standard InChI is InChI=1S/C21H27N5O3/c1-2-28-14-17-24-19-20(15-6-3-4-7-16(15)23-21(19)22)26(17)9-5-8-18(27)25-10-12-29-13-11-25/h3-4,6-7H,2,5,8-14H2,1H3,(H2,22,23). The summed E-state index contributed by atoms with van der Waals surface area (Å²) in [6.45, 7) is 6.22. The number of carbonyl (C=O) groups is 1. The molecule has 0 spiro atoms. The lowest BCUT2D eigenvalue weighted by atomic mass is 10.2. The van der Waals surface area contributed by atoms with E-state index in [1.807, 2.05) is 36.1 Å². The number of fused-ring (bicyclic) bond motifs is 3. The topological polar surface area (TPSA) is 95.5 Å². The number of pyridine rings is 1. The number of para-hydroxylation sites is 1. The first-order chi connectivity index (χ1) is 14.2. The van der Waals surface area contributed by atoms with E-state index in [1.54, 1.807) is 0 Å². The van der Waals surface area contributed by atoms with Crippen LogP contribution in [0, 0.1) is 0 Å². The molecule has 29 heavy (non-hydrogen) atoms. The van der Waals surface area contributed by atoms with Gasteiger partial charge in [0.1, 0.15) is 17.9 Å². The summed E-state index contributed by atoms with van der Waals surface area (Å²) >= 11 is 0. The molecule has 3 aromatic rings. The van der Waals surface area contributed by atoms with Crippen molar-refractivity contribution in [3.63, 3.8) is 0 Å². The first kappa shape index (κ1) is 19.6. The van der Waals surface area contributed by atoms with Crippen molar-refractivity contribution in [2.24, 2.45) is 0 Å². The second-order valence-electron chi connectivity index (χ2n) is 7.12. The summed E-state index contributed by atoms with van der Waals surface area (Å²) in [4.78, 5) is 23.6. The number of anilines is 1. The highest BCUT2D eigenvalue weighted by Crippen LogP contribution is 2.29. The normalized spacial score (nSPS) is 14.7. The number of hydrogen-bond donors (Lipinski definition) is 1. The maximum atomic E-state index is 12.5. The van der Waals surface area contributed by atoms with Gasteiger partial charge >= 0.3 is 0 Å². The Morgan fingerprint density at radius 2 is 2.03 bits per heavy atom. The fraction of sp³-hybridized carbons (Fsp3) is 0.476. The molecule has 2 aromatic heterocycles. The van der Waals surface area contributed by atoms with Crippen molar-refractivity contribution in [1.29, 1.82) is 0 Å². The van der Waals surface area contributed by atoms with Crippen LogP contribution in [0.1, 0.15) is 25.6 Å². The molecule has 3 heterocycles. The van der Waals surface area contributed by atoms with Gasteiger partial charge in [0.05, 0.1) is 24.2 Å². The maximum Gasteiger partial charge on any atom is 0.222 e. The Kier molecular flexibility index (Phi) is 5.92. The Hall–Kier alpha value is -2.71. The Labute approximate surface area is 169 Å². The summed E-state index contributed by atoms with van der Waals surface area (Å²) in [5.41, 5.74) is 8.70. The number of nitrogens with zero attached hydrogens (tertiary/aromatic N) is 4. The van der Waals surface area contributed by atoms with Crippen LogP contribution in [0.25, 0.3) is 21.9 Å². The Morgan fingerprint density at radius 3 is 2.83 bits per heavy atom. The number of nitrogen functional groups attached to an aromatic ring is 1. The molecular formula is C21H27N5O3. The Balaban J connectivity index is 1.62. The molecule has 1 aliphatic rings. The molecule has 154 valence electrons. The summed E-state index contributed by atoms with van der Waals surface area (Å²) in [5, 5.41) is 1.01. The quantitative estimate of drug-likeness (QED) is 0.657. The predicted octanol–water partition coefficient (Wildman–Crippen LogP) is 2.34. The minimum atomic E-state index is 0.176. The molecule has 8 heteroatoms. The molecule has 8 nitrogen and oxygen atoms in total. The van der Waals surface area contributed by atoms with Crippen molar-refractivity contribution in [3.8, 4) is 0 Å². The molecule has 0 atom stereocenters. The zero-order valence-corrected chi connectivity index (χ0v) is 16.8. The van der Waals surface area contributed by atoms with Gasteiger partial charge in [0.15, 0.2) is 5.82 Å². The number of rotatable bonds is 7. The van der Waals surface area contributed by atoms with Gasteiger partial charge in [0, 0.05) is 38.0 Å². The van der Waals surface area contributed by atoms with Crippen molar-refractivity contribution in [2.75, 3.05) is 38.6 Å². The van der Waals surface area contributed by atoms with Crippen molar-refractivity contribution < 1.29 is 14.3 Å². The zero-order chi connectivity index (χ0) is 20.2. The number of aryl methyl sites for hydroxylation is 1. The van der Waals surface area contributed by atoms with Crippen LogP contribution >= 0.6 is 0 Å². The number of aromatic nitrogens is 3. The number of hydrogen-bond acceptors (Lipinski definition) is 6. The first-order valence-corrected chi connectivity index (χ1v) is 10.2. The number of morpholine rings is 1. The highest BCUT2D eigenvalue weighted by molar-refractivity contribution is 6.06. The van der Waals surface area contributed by atoms with E-state index in [-0.39, 0.29) is 5.91 Å². The van der Waals surface area contributed by atoms with Gasteiger partial charge in [-0.25, -0.2) is 9.97 Å². The second kappa shape index (κ2) is 8.75. The van der Waals surface area contributed by atoms with Crippen LogP contribution < -0.4 is 5.73 Å². The number of imidazole rings is 1. The molecule has 0 aliphatic carbocycles. The summed E-state index contributed by atoms with van der Waals surface area (Å²) in [6.07, 6.45) is 1.21. The van der Waals surface area contributed by atoms with Gasteiger partial charge in [-0.15, -0.1) is 0 Å². The number of benzene rings is 1. The molecule has 0 radical (unpaired) electrons. The first-order valence-electron chi connectivity index (χ1n) is 10.2. The number of ether oxygens (including phenoxy) is 2. The van der Waals surface area contributed by atoms with Crippen molar-refractivity contribution in [1.82, 2.24) is 19.4 Å². The average Bonchev–Trinajstić information content (AvgIpc) is 3.12. The van der Waals surface area contributed by atoms with E-state index >= 15 is 0 Å². The van der Waals surface area contributed by atoms with E-state index in [0.29, 0.717) is 63.8 Å². The summed E-state index contributed by atoms with van der Waals surface area (Å²) in [6, 6.07) is 7.92. The highest BCUT2D eigenvalue weighted by Gasteiger charge is 2.19. The number of nitrogens with two attached hydrogens (primary N) is 1. The van der Waals surface area contributed by atoms with Crippen molar-refractivity contribution >= 4 is 33.7 Å². The predicted molar refractivity (Wildman–Crippen MR) is 111 cm³/mol. The Morgan fingerprint density at radius 1 is 1.24 bits per heavy atom. The lowest BCUT2D eigenvalue weighted by molar-refractivity contribution is -0.135. The molecule has 1 aromatic carbocycles. The van der Waals surface area contributed by atoms with E-state index in [2.05, 4.69) is 9.55 Å². The van der Waals surface area contributed by atoms with Crippen LogP contribution in [0.15, 0.2) is 24.3 Å². The van der Waals surface area contributed by atoms with E-state index in [9.17, 15) is 4.79 Å². The van der Waals surface area contributed by atoms with E-state index in [0.717, 1.165) is 28.7 Å². The lowest BCUT2D eigenvalue weighted by Crippen LogP contribution is -2.40. The maximum absolute atomic E-state index is 12.5. The van der Waals surface area contributed by atoms with Crippen LogP contribution in [0.3, 0.4) is 0 Å². The molecule has 1 saturated heterocycles. The SMILES string of the molecule is CCOCc1nc2c(N)nc3ccccc3c2n1CCCC(=O)N1CCOCC1. The largest absolute Gasteiger partial charge is 0.382 e. The average molecular weight is 397 g/mol. The monoisotopic (exact) mass is 397 g/mol. The van der Waals surface area contributed by atoms with Gasteiger partial charge in [-0.2, -0.15) is 0 Å². The van der Waals surface area contributed by atoms with E-state index in [4.69, 9.17) is 20.2 Å². The van der Waals surface area contributed by atoms with Crippen molar-refractivity contribution in [3.05, 3.63) is 30.1 Å². The summed E-state index contributed by atoms with van der Waals surface area (Å²) in [5.74, 6) is 1.40. The van der Waals surface area contributed by atoms with E-state index in [1.165, 1.54) is 0 Å². The molecule has 1 amide bonds. The van der Waals surface area contributed by atoms with Crippen molar-refractivity contribution in [2.45, 2.75) is 32.9 Å². The van der Waals surface area contributed by atoms with Gasteiger partial charge in [-0.3, -0.25) is 4.79 Å². The van der Waals surface area contributed by atoms with Gasteiger partial charge < -0.3 is 24.7 Å². The molecule has 2 N–H and O–H groups in total. The fourth-order valence-electron chi connectivity index (χ4n) is 3.81. The summed E-state index contributed by atoms with van der Waals surface area (Å²) < 4.78 is 13.1. The smallest absolute Gasteiger partial charge is 0.222 e. The Bertz CT molecular complexity index is 1010. The molecule has 1 fully saturated rings. The third-order valence-electron chi connectivity index (χ3n) is 5.26.